The highest BCUT2D eigenvalue weighted by Gasteiger charge is 2.19. The summed E-state index contributed by atoms with van der Waals surface area (Å²) in [6.07, 6.45) is 1.24. The minimum Gasteiger partial charge on any atom is -0.462 e. The van der Waals surface area contributed by atoms with E-state index in [1.165, 1.54) is 6.20 Å². The lowest BCUT2D eigenvalue weighted by atomic mass is 10.1. The maximum Gasteiger partial charge on any atom is 0.341 e. The van der Waals surface area contributed by atoms with Gasteiger partial charge in [0.15, 0.2) is 0 Å². The Morgan fingerprint density at radius 1 is 1.14 bits per heavy atom. The number of halogens is 1. The fourth-order valence-electron chi connectivity index (χ4n) is 2.81. The fourth-order valence-corrected chi connectivity index (χ4v) is 3.21. The number of rotatable bonds is 6. The molecule has 0 saturated carbocycles. The first-order valence-electron chi connectivity index (χ1n) is 9.22. The van der Waals surface area contributed by atoms with Crippen LogP contribution in [0.25, 0.3) is 10.9 Å². The zero-order chi connectivity index (χ0) is 21.0. The Labute approximate surface area is 177 Å². The Bertz CT molecular complexity index is 1070. The molecule has 0 atom stereocenters. The summed E-state index contributed by atoms with van der Waals surface area (Å²) in [5.74, 6) is -0.925. The summed E-state index contributed by atoms with van der Waals surface area (Å²) in [4.78, 5) is 29.3. The smallest absolute Gasteiger partial charge is 0.341 e. The first-order valence-corrected chi connectivity index (χ1v) is 10.0. The van der Waals surface area contributed by atoms with Crippen molar-refractivity contribution < 1.29 is 19.1 Å². The molecule has 6 nitrogen and oxygen atoms in total. The van der Waals surface area contributed by atoms with Crippen LogP contribution in [-0.2, 0) is 9.47 Å². The zero-order valence-corrected chi connectivity index (χ0v) is 17.9. The van der Waals surface area contributed by atoms with Gasteiger partial charge in [-0.1, -0.05) is 22.0 Å². The Kier molecular flexibility index (Phi) is 6.49. The molecule has 0 bridgehead atoms. The molecule has 0 spiro atoms. The van der Waals surface area contributed by atoms with E-state index in [0.717, 1.165) is 10.2 Å². The summed E-state index contributed by atoms with van der Waals surface area (Å²) in [5.41, 5.74) is 2.59. The van der Waals surface area contributed by atoms with Gasteiger partial charge in [-0.15, -0.1) is 0 Å². The van der Waals surface area contributed by atoms with Crippen molar-refractivity contribution in [3.05, 3.63) is 64.3 Å². The summed E-state index contributed by atoms with van der Waals surface area (Å²) in [6, 6.07) is 12.6. The minimum absolute atomic E-state index is 0.235. The van der Waals surface area contributed by atoms with Gasteiger partial charge < -0.3 is 14.8 Å². The van der Waals surface area contributed by atoms with Crippen molar-refractivity contribution >= 4 is 50.1 Å². The van der Waals surface area contributed by atoms with E-state index in [1.807, 2.05) is 24.3 Å². The molecular formula is C22H21BrN2O4. The van der Waals surface area contributed by atoms with Gasteiger partial charge in [-0.2, -0.15) is 0 Å². The van der Waals surface area contributed by atoms with Crippen molar-refractivity contribution in [2.24, 2.45) is 0 Å². The Morgan fingerprint density at radius 3 is 2.62 bits per heavy atom. The number of aromatic nitrogens is 1. The molecule has 3 aromatic rings. The minimum atomic E-state index is -0.491. The van der Waals surface area contributed by atoms with E-state index < -0.39 is 11.9 Å². The molecule has 1 aromatic heterocycles. The summed E-state index contributed by atoms with van der Waals surface area (Å²) >= 11 is 3.45. The highest BCUT2D eigenvalue weighted by atomic mass is 79.9. The van der Waals surface area contributed by atoms with Gasteiger partial charge in [-0.05, 0) is 57.2 Å². The second-order valence-corrected chi connectivity index (χ2v) is 7.50. The molecule has 29 heavy (non-hydrogen) atoms. The number of nitrogens with zero attached hydrogens (tertiary/aromatic N) is 1. The number of benzene rings is 2. The lowest BCUT2D eigenvalue weighted by molar-refractivity contribution is 0.0377. The molecule has 2 aromatic carbocycles. The molecule has 0 saturated heterocycles. The molecular weight excluding hydrogens is 436 g/mol. The number of carbonyl (C=O) groups excluding carboxylic acids is 2. The topological polar surface area (TPSA) is 77.5 Å². The second-order valence-electron chi connectivity index (χ2n) is 6.59. The van der Waals surface area contributed by atoms with E-state index in [0.29, 0.717) is 22.2 Å². The lowest BCUT2D eigenvalue weighted by Gasteiger charge is -2.15. The monoisotopic (exact) mass is 456 g/mol. The van der Waals surface area contributed by atoms with Crippen LogP contribution in [0.1, 0.15) is 41.5 Å². The van der Waals surface area contributed by atoms with Gasteiger partial charge in [-0.25, -0.2) is 9.59 Å². The average Bonchev–Trinajstić information content (AvgIpc) is 2.67. The number of pyridine rings is 1. The van der Waals surface area contributed by atoms with Crippen molar-refractivity contribution in [2.75, 3.05) is 11.9 Å². The van der Waals surface area contributed by atoms with Crippen molar-refractivity contribution in [1.29, 1.82) is 0 Å². The summed E-state index contributed by atoms with van der Waals surface area (Å²) in [6.45, 7) is 5.57. The summed E-state index contributed by atoms with van der Waals surface area (Å²) < 4.78 is 11.4. The highest BCUT2D eigenvalue weighted by Crippen LogP contribution is 2.31. The molecule has 0 amide bonds. The predicted molar refractivity (Wildman–Crippen MR) is 116 cm³/mol. The molecule has 150 valence electrons. The molecule has 0 fully saturated rings. The standard InChI is InChI=1S/C22H21BrN2O4/c1-4-28-22(27)18-12-24-19-9-8-14(21(26)29-13(2)3)10-17(19)20(18)25-16-7-5-6-15(23)11-16/h5-13H,4H2,1-3H3,(H,24,25). The summed E-state index contributed by atoms with van der Waals surface area (Å²) in [5, 5.41) is 3.90. The van der Waals surface area contributed by atoms with Gasteiger partial charge in [0.25, 0.3) is 0 Å². The quantitative estimate of drug-likeness (QED) is 0.494. The normalized spacial score (nSPS) is 10.8. The molecule has 0 aliphatic heterocycles. The molecule has 1 heterocycles. The van der Waals surface area contributed by atoms with Crippen LogP contribution in [0, 0.1) is 0 Å². The van der Waals surface area contributed by atoms with Gasteiger partial charge in [0.05, 0.1) is 29.5 Å². The largest absolute Gasteiger partial charge is 0.462 e. The van der Waals surface area contributed by atoms with E-state index in [1.54, 1.807) is 39.0 Å². The predicted octanol–water partition coefficient (Wildman–Crippen LogP) is 5.48. The van der Waals surface area contributed by atoms with Gasteiger partial charge in [0, 0.05) is 21.7 Å². The SMILES string of the molecule is CCOC(=O)c1cnc2ccc(C(=O)OC(C)C)cc2c1Nc1cccc(Br)c1. The van der Waals surface area contributed by atoms with Crippen LogP contribution in [0.15, 0.2) is 53.1 Å². The number of anilines is 2. The second kappa shape index (κ2) is 9.05. The van der Waals surface area contributed by atoms with Crippen LogP contribution >= 0.6 is 15.9 Å². The Hall–Kier alpha value is -2.93. The van der Waals surface area contributed by atoms with Gasteiger partial charge in [0.1, 0.15) is 5.56 Å². The number of fused-ring (bicyclic) bond motifs is 1. The highest BCUT2D eigenvalue weighted by molar-refractivity contribution is 9.10. The molecule has 7 heteroatoms. The van der Waals surface area contributed by atoms with Crippen LogP contribution < -0.4 is 5.32 Å². The van der Waals surface area contributed by atoms with E-state index >= 15 is 0 Å². The van der Waals surface area contributed by atoms with Crippen molar-refractivity contribution in [1.82, 2.24) is 4.98 Å². The summed E-state index contributed by atoms with van der Waals surface area (Å²) in [7, 11) is 0. The molecule has 0 radical (unpaired) electrons. The Balaban J connectivity index is 2.16. The van der Waals surface area contributed by atoms with Crippen LogP contribution in [0.3, 0.4) is 0 Å². The third kappa shape index (κ3) is 4.92. The van der Waals surface area contributed by atoms with Gasteiger partial charge in [0.2, 0.25) is 0 Å². The van der Waals surface area contributed by atoms with E-state index in [2.05, 4.69) is 26.2 Å². The number of esters is 2. The number of hydrogen-bond acceptors (Lipinski definition) is 6. The number of hydrogen-bond donors (Lipinski definition) is 1. The number of carbonyl (C=O) groups is 2. The maximum atomic E-state index is 12.5. The first-order chi connectivity index (χ1) is 13.9. The van der Waals surface area contributed by atoms with Crippen LogP contribution in [0.2, 0.25) is 0 Å². The van der Waals surface area contributed by atoms with Crippen LogP contribution in [0.4, 0.5) is 11.4 Å². The van der Waals surface area contributed by atoms with Crippen molar-refractivity contribution in [3.63, 3.8) is 0 Å². The first kappa shape index (κ1) is 20.8. The van der Waals surface area contributed by atoms with E-state index in [4.69, 9.17) is 9.47 Å². The third-order valence-corrected chi connectivity index (χ3v) is 4.53. The van der Waals surface area contributed by atoms with Crippen molar-refractivity contribution in [3.8, 4) is 0 Å². The molecule has 1 N–H and O–H groups in total. The van der Waals surface area contributed by atoms with Crippen molar-refractivity contribution in [2.45, 2.75) is 26.9 Å². The number of ether oxygens (including phenoxy) is 2. The molecule has 0 aliphatic rings. The molecule has 0 aliphatic carbocycles. The molecule has 3 rings (SSSR count). The third-order valence-electron chi connectivity index (χ3n) is 4.04. The Morgan fingerprint density at radius 2 is 1.93 bits per heavy atom. The van der Waals surface area contributed by atoms with Gasteiger partial charge in [-0.3, -0.25) is 4.98 Å². The van der Waals surface area contributed by atoms with Crippen LogP contribution in [-0.4, -0.2) is 29.6 Å². The van der Waals surface area contributed by atoms with E-state index in [-0.39, 0.29) is 18.3 Å². The number of nitrogens with one attached hydrogen (secondary N) is 1. The van der Waals surface area contributed by atoms with Gasteiger partial charge >= 0.3 is 11.9 Å². The average molecular weight is 457 g/mol. The van der Waals surface area contributed by atoms with E-state index in [9.17, 15) is 9.59 Å². The maximum absolute atomic E-state index is 12.5. The lowest BCUT2D eigenvalue weighted by Crippen LogP contribution is -2.12. The fraction of sp³-hybridized carbons (Fsp3) is 0.227. The zero-order valence-electron chi connectivity index (χ0n) is 16.4. The molecule has 0 unspecified atom stereocenters. The van der Waals surface area contributed by atoms with Crippen LogP contribution in [0.5, 0.6) is 0 Å².